The minimum absolute atomic E-state index is 0.243. The summed E-state index contributed by atoms with van der Waals surface area (Å²) in [6.45, 7) is 1.69. The van der Waals surface area contributed by atoms with Crippen molar-refractivity contribution in [3.63, 3.8) is 0 Å². The number of hydrogen-bond donors (Lipinski definition) is 2. The van der Waals surface area contributed by atoms with Crippen LogP contribution in [0.3, 0.4) is 0 Å². The Morgan fingerprint density at radius 1 is 1.50 bits per heavy atom. The van der Waals surface area contributed by atoms with Gasteiger partial charge in [0.1, 0.15) is 18.9 Å². The normalized spacial score (nSPS) is 19.4. The van der Waals surface area contributed by atoms with Crippen molar-refractivity contribution in [2.45, 2.75) is 37.3 Å². The number of hydrogen-bond acceptors (Lipinski definition) is 7. The zero-order valence-corrected chi connectivity index (χ0v) is 13.0. The van der Waals surface area contributed by atoms with Gasteiger partial charge in [0.25, 0.3) is 0 Å². The van der Waals surface area contributed by atoms with E-state index in [1.165, 1.54) is 25.7 Å². The van der Waals surface area contributed by atoms with Crippen LogP contribution >= 0.6 is 11.7 Å². The van der Waals surface area contributed by atoms with Crippen LogP contribution in [0, 0.1) is 0 Å². The number of aliphatic hydroxyl groups is 1. The van der Waals surface area contributed by atoms with Gasteiger partial charge in [-0.3, -0.25) is 0 Å². The molecule has 1 heterocycles. The Kier molecular flexibility index (Phi) is 5.71. The van der Waals surface area contributed by atoms with Crippen LogP contribution in [0.2, 0.25) is 0 Å². The van der Waals surface area contributed by atoms with Gasteiger partial charge in [0.15, 0.2) is 0 Å². The number of aromatic nitrogens is 2. The summed E-state index contributed by atoms with van der Waals surface area (Å²) >= 11 is 1.10. The van der Waals surface area contributed by atoms with E-state index in [0.29, 0.717) is 12.4 Å². The van der Waals surface area contributed by atoms with Crippen molar-refractivity contribution in [3.8, 4) is 5.88 Å². The van der Waals surface area contributed by atoms with Crippen LogP contribution in [0.15, 0.2) is 6.20 Å². The van der Waals surface area contributed by atoms with Crippen molar-refractivity contribution >= 4 is 11.7 Å². The van der Waals surface area contributed by atoms with Gasteiger partial charge in [0, 0.05) is 18.6 Å². The van der Waals surface area contributed by atoms with E-state index in [1.807, 2.05) is 0 Å². The maximum Gasteiger partial charge on any atom is 0.245 e. The summed E-state index contributed by atoms with van der Waals surface area (Å²) in [5.41, 5.74) is 0.249. The molecule has 2 rings (SSSR count). The summed E-state index contributed by atoms with van der Waals surface area (Å²) in [5, 5.41) is 13.3. The summed E-state index contributed by atoms with van der Waals surface area (Å²) in [6.07, 6.45) is 6.07. The number of aliphatic hydroxyl groups excluding tert-OH is 1. The van der Waals surface area contributed by atoms with Crippen LogP contribution in [0.1, 0.15) is 25.7 Å². The van der Waals surface area contributed by atoms with Gasteiger partial charge >= 0.3 is 0 Å². The van der Waals surface area contributed by atoms with Crippen molar-refractivity contribution in [1.29, 1.82) is 0 Å². The second-order valence-corrected chi connectivity index (χ2v) is 6.22. The second-order valence-electron chi connectivity index (χ2n) is 5.67. The quantitative estimate of drug-likeness (QED) is 0.738. The first-order chi connectivity index (χ1) is 9.62. The number of ether oxygens (including phenoxy) is 1. The molecule has 0 amide bonds. The van der Waals surface area contributed by atoms with Crippen molar-refractivity contribution in [3.05, 3.63) is 6.20 Å². The van der Waals surface area contributed by atoms with Crippen LogP contribution in [-0.4, -0.2) is 64.2 Å². The Labute approximate surface area is 124 Å². The van der Waals surface area contributed by atoms with Gasteiger partial charge in [-0.05, 0) is 26.9 Å². The summed E-state index contributed by atoms with van der Waals surface area (Å²) in [4.78, 5) is 2.32. The SMILES string of the molecule is CN(C)C1(CNCC(O)COc2cnsn2)CCCC1. The molecule has 0 radical (unpaired) electrons. The molecule has 0 saturated heterocycles. The number of rotatable bonds is 8. The third kappa shape index (κ3) is 4.12. The van der Waals surface area contributed by atoms with Gasteiger partial charge in [-0.15, -0.1) is 4.37 Å². The molecule has 7 heteroatoms. The van der Waals surface area contributed by atoms with Crippen molar-refractivity contribution < 1.29 is 9.84 Å². The molecule has 1 aromatic heterocycles. The molecule has 1 unspecified atom stereocenters. The van der Waals surface area contributed by atoms with E-state index in [-0.39, 0.29) is 12.1 Å². The lowest BCUT2D eigenvalue weighted by Gasteiger charge is -2.36. The highest BCUT2D eigenvalue weighted by molar-refractivity contribution is 6.99. The fraction of sp³-hybridized carbons (Fsp3) is 0.846. The van der Waals surface area contributed by atoms with Gasteiger partial charge in [-0.25, -0.2) is 0 Å². The number of likely N-dealkylation sites (N-methyl/N-ethyl adjacent to an activating group) is 1. The Morgan fingerprint density at radius 2 is 2.25 bits per heavy atom. The molecule has 1 fully saturated rings. The summed E-state index contributed by atoms with van der Waals surface area (Å²) < 4.78 is 13.1. The Morgan fingerprint density at radius 3 is 2.85 bits per heavy atom. The van der Waals surface area contributed by atoms with Crippen molar-refractivity contribution in [2.75, 3.05) is 33.8 Å². The van der Waals surface area contributed by atoms with Crippen molar-refractivity contribution in [1.82, 2.24) is 19.0 Å². The van der Waals surface area contributed by atoms with Gasteiger partial charge in [0.2, 0.25) is 5.88 Å². The second kappa shape index (κ2) is 7.31. The van der Waals surface area contributed by atoms with E-state index in [1.54, 1.807) is 6.20 Å². The molecule has 1 atom stereocenters. The summed E-state index contributed by atoms with van der Waals surface area (Å²) in [7, 11) is 4.28. The van der Waals surface area contributed by atoms with Gasteiger partial charge in [-0.2, -0.15) is 4.37 Å². The molecule has 0 bridgehead atoms. The first kappa shape index (κ1) is 15.6. The smallest absolute Gasteiger partial charge is 0.245 e. The maximum absolute atomic E-state index is 9.90. The molecule has 2 N–H and O–H groups in total. The molecule has 114 valence electrons. The lowest BCUT2D eigenvalue weighted by molar-refractivity contribution is 0.0945. The molecule has 1 aliphatic carbocycles. The lowest BCUT2D eigenvalue weighted by atomic mass is 9.96. The minimum atomic E-state index is -0.530. The standard InChI is InChI=1S/C13H24N4O2S/c1-17(2)13(5-3-4-6-13)10-14-7-11(18)9-19-12-8-15-20-16-12/h8,11,14,18H,3-7,9-10H2,1-2H3. The molecule has 0 spiro atoms. The van der Waals surface area contributed by atoms with Gasteiger partial charge < -0.3 is 20.1 Å². The molecular formula is C13H24N4O2S. The molecule has 0 aliphatic heterocycles. The van der Waals surface area contributed by atoms with E-state index in [0.717, 1.165) is 18.3 Å². The number of nitrogens with zero attached hydrogens (tertiary/aromatic N) is 3. The number of nitrogens with one attached hydrogen (secondary N) is 1. The zero-order chi connectivity index (χ0) is 14.4. The van der Waals surface area contributed by atoms with E-state index in [9.17, 15) is 5.11 Å². The predicted octanol–water partition coefficient (Wildman–Crippen LogP) is 0.742. The first-order valence-corrected chi connectivity index (χ1v) is 7.82. The van der Waals surface area contributed by atoms with Crippen LogP contribution in [0.5, 0.6) is 5.88 Å². The van der Waals surface area contributed by atoms with E-state index in [2.05, 4.69) is 33.1 Å². The third-order valence-electron chi connectivity index (χ3n) is 4.08. The lowest BCUT2D eigenvalue weighted by Crippen LogP contribution is -2.51. The van der Waals surface area contributed by atoms with Crippen LogP contribution < -0.4 is 10.1 Å². The largest absolute Gasteiger partial charge is 0.473 e. The molecule has 0 aromatic carbocycles. The minimum Gasteiger partial charge on any atom is -0.473 e. The zero-order valence-electron chi connectivity index (χ0n) is 12.2. The predicted molar refractivity (Wildman–Crippen MR) is 79.2 cm³/mol. The fourth-order valence-corrected chi connectivity index (χ4v) is 3.11. The first-order valence-electron chi connectivity index (χ1n) is 7.09. The topological polar surface area (TPSA) is 70.5 Å². The third-order valence-corrected chi connectivity index (χ3v) is 4.54. The van der Waals surface area contributed by atoms with E-state index < -0.39 is 6.10 Å². The average molecular weight is 300 g/mol. The van der Waals surface area contributed by atoms with Gasteiger partial charge in [-0.1, -0.05) is 12.8 Å². The molecule has 1 aliphatic rings. The van der Waals surface area contributed by atoms with Gasteiger partial charge in [0.05, 0.1) is 11.7 Å². The van der Waals surface area contributed by atoms with Crippen LogP contribution in [0.4, 0.5) is 0 Å². The highest BCUT2D eigenvalue weighted by Crippen LogP contribution is 2.32. The molecule has 20 heavy (non-hydrogen) atoms. The molecular weight excluding hydrogens is 276 g/mol. The Balaban J connectivity index is 1.66. The maximum atomic E-state index is 9.90. The highest BCUT2D eigenvalue weighted by Gasteiger charge is 2.35. The van der Waals surface area contributed by atoms with Crippen molar-refractivity contribution in [2.24, 2.45) is 0 Å². The fourth-order valence-electron chi connectivity index (χ4n) is 2.75. The van der Waals surface area contributed by atoms with E-state index in [4.69, 9.17) is 4.74 Å². The molecule has 1 aromatic rings. The molecule has 1 saturated carbocycles. The van der Waals surface area contributed by atoms with Crippen LogP contribution in [-0.2, 0) is 0 Å². The highest BCUT2D eigenvalue weighted by atomic mass is 32.1. The molecule has 6 nitrogen and oxygen atoms in total. The Hall–Kier alpha value is -0.760. The van der Waals surface area contributed by atoms with E-state index >= 15 is 0 Å². The van der Waals surface area contributed by atoms with Crippen LogP contribution in [0.25, 0.3) is 0 Å². The average Bonchev–Trinajstić information content (AvgIpc) is 3.08. The Bertz CT molecular complexity index is 380. The monoisotopic (exact) mass is 300 g/mol. The summed E-state index contributed by atoms with van der Waals surface area (Å²) in [5.74, 6) is 0.481. The summed E-state index contributed by atoms with van der Waals surface area (Å²) in [6, 6.07) is 0.